The number of halogens is 2. The Morgan fingerprint density at radius 3 is 1.97 bits per heavy atom. The van der Waals surface area contributed by atoms with Crippen molar-refractivity contribution in [2.75, 3.05) is 44.2 Å². The number of piperazine rings is 1. The van der Waals surface area contributed by atoms with E-state index >= 15 is 0 Å². The molecule has 0 bridgehead atoms. The zero-order valence-corrected chi connectivity index (χ0v) is 19.4. The lowest BCUT2D eigenvalue weighted by Crippen LogP contribution is -2.52. The first kappa shape index (κ1) is 22.4. The van der Waals surface area contributed by atoms with Crippen molar-refractivity contribution < 1.29 is 13.2 Å². The molecule has 2 heterocycles. The second kappa shape index (κ2) is 9.36. The molecule has 0 aliphatic carbocycles. The number of carbonyl (C=O) groups excluding carboxylic acids is 1. The monoisotopic (exact) mass is 481 g/mol. The lowest BCUT2D eigenvalue weighted by Gasteiger charge is -2.39. The molecule has 166 valence electrons. The largest absolute Gasteiger partial charge is 0.368 e. The van der Waals surface area contributed by atoms with Crippen molar-refractivity contribution in [2.45, 2.75) is 17.7 Å². The van der Waals surface area contributed by atoms with Crippen LogP contribution in [0.25, 0.3) is 0 Å². The normalized spacial score (nSPS) is 18.9. The van der Waals surface area contributed by atoms with Crippen LogP contribution in [0.3, 0.4) is 0 Å². The fourth-order valence-electron chi connectivity index (χ4n) is 4.28. The molecule has 31 heavy (non-hydrogen) atoms. The van der Waals surface area contributed by atoms with E-state index in [1.807, 2.05) is 23.1 Å². The van der Waals surface area contributed by atoms with E-state index in [-0.39, 0.29) is 39.9 Å². The molecule has 6 nitrogen and oxygen atoms in total. The van der Waals surface area contributed by atoms with Gasteiger partial charge in [-0.15, -0.1) is 0 Å². The first-order chi connectivity index (χ1) is 14.9. The highest BCUT2D eigenvalue weighted by Gasteiger charge is 2.36. The van der Waals surface area contributed by atoms with Crippen molar-refractivity contribution >= 4 is 44.8 Å². The third kappa shape index (κ3) is 4.70. The molecule has 2 aromatic carbocycles. The van der Waals surface area contributed by atoms with Crippen molar-refractivity contribution in [2.24, 2.45) is 5.92 Å². The number of carbonyl (C=O) groups is 1. The quantitative estimate of drug-likeness (QED) is 0.666. The first-order valence-corrected chi connectivity index (χ1v) is 12.6. The van der Waals surface area contributed by atoms with E-state index in [2.05, 4.69) is 17.0 Å². The molecule has 2 saturated heterocycles. The predicted octanol–water partition coefficient (Wildman–Crippen LogP) is 3.74. The highest BCUT2D eigenvalue weighted by molar-refractivity contribution is 7.89. The van der Waals surface area contributed by atoms with Gasteiger partial charge >= 0.3 is 0 Å². The number of rotatable bonds is 4. The van der Waals surface area contributed by atoms with Gasteiger partial charge in [0.2, 0.25) is 15.9 Å². The average molecular weight is 482 g/mol. The van der Waals surface area contributed by atoms with Crippen LogP contribution in [-0.2, 0) is 14.8 Å². The Bertz CT molecular complexity index is 1010. The third-order valence-corrected chi connectivity index (χ3v) is 8.89. The van der Waals surface area contributed by atoms with Gasteiger partial charge in [-0.3, -0.25) is 4.79 Å². The summed E-state index contributed by atoms with van der Waals surface area (Å²) in [5.41, 5.74) is 1.17. The van der Waals surface area contributed by atoms with Crippen molar-refractivity contribution in [1.82, 2.24) is 9.21 Å². The standard InChI is InChI=1S/C22H25Cl2N3O3S/c23-19-7-4-8-20(24)21(19)31(29,30)27-11-9-17(10-12-27)22(28)26-15-13-25(14-16-26)18-5-2-1-3-6-18/h1-8,17H,9-16H2. The molecule has 0 spiro atoms. The van der Waals surface area contributed by atoms with Crippen molar-refractivity contribution in [3.8, 4) is 0 Å². The minimum atomic E-state index is -3.80. The maximum absolute atomic E-state index is 13.0. The Morgan fingerprint density at radius 1 is 0.806 bits per heavy atom. The van der Waals surface area contributed by atoms with Crippen LogP contribution < -0.4 is 4.90 Å². The maximum Gasteiger partial charge on any atom is 0.246 e. The second-order valence-electron chi connectivity index (χ2n) is 7.88. The minimum absolute atomic E-state index is 0.0554. The van der Waals surface area contributed by atoms with Gasteiger partial charge < -0.3 is 9.80 Å². The SMILES string of the molecule is O=C(C1CCN(S(=O)(=O)c2c(Cl)cccc2Cl)CC1)N1CCN(c2ccccc2)CC1. The molecule has 0 radical (unpaired) electrons. The number of benzene rings is 2. The highest BCUT2D eigenvalue weighted by atomic mass is 35.5. The Kier molecular flexibility index (Phi) is 6.77. The van der Waals surface area contributed by atoms with Crippen LogP contribution in [0.4, 0.5) is 5.69 Å². The first-order valence-electron chi connectivity index (χ1n) is 10.4. The average Bonchev–Trinajstić information content (AvgIpc) is 2.79. The fraction of sp³-hybridized carbons (Fsp3) is 0.409. The molecule has 2 aliphatic heterocycles. The summed E-state index contributed by atoms with van der Waals surface area (Å²) in [6.07, 6.45) is 0.998. The summed E-state index contributed by atoms with van der Waals surface area (Å²) in [5, 5.41) is 0.226. The number of sulfonamides is 1. The lowest BCUT2D eigenvalue weighted by atomic mass is 9.96. The zero-order chi connectivity index (χ0) is 22.0. The smallest absolute Gasteiger partial charge is 0.246 e. The van der Waals surface area contributed by atoms with E-state index in [1.54, 1.807) is 6.07 Å². The van der Waals surface area contributed by atoms with Gasteiger partial charge in [0, 0.05) is 50.9 Å². The van der Waals surface area contributed by atoms with Gasteiger partial charge in [0.15, 0.2) is 0 Å². The van der Waals surface area contributed by atoms with Crippen LogP contribution in [0.2, 0.25) is 10.0 Å². The Morgan fingerprint density at radius 2 is 1.39 bits per heavy atom. The summed E-state index contributed by atoms with van der Waals surface area (Å²) in [6, 6.07) is 14.9. The number of hydrogen-bond donors (Lipinski definition) is 0. The van der Waals surface area contributed by atoms with E-state index in [0.29, 0.717) is 25.9 Å². The van der Waals surface area contributed by atoms with E-state index in [9.17, 15) is 13.2 Å². The van der Waals surface area contributed by atoms with E-state index in [0.717, 1.165) is 13.1 Å². The molecule has 1 amide bonds. The van der Waals surface area contributed by atoms with Gasteiger partial charge in [0.25, 0.3) is 0 Å². The maximum atomic E-state index is 13.0. The van der Waals surface area contributed by atoms with Gasteiger partial charge in [0.1, 0.15) is 4.90 Å². The molecule has 0 N–H and O–H groups in total. The van der Waals surface area contributed by atoms with Gasteiger partial charge in [-0.1, -0.05) is 47.5 Å². The van der Waals surface area contributed by atoms with Gasteiger partial charge in [-0.05, 0) is 37.1 Å². The molecular weight excluding hydrogens is 457 g/mol. The van der Waals surface area contributed by atoms with Crippen LogP contribution >= 0.6 is 23.2 Å². The van der Waals surface area contributed by atoms with Crippen LogP contribution in [0, 0.1) is 5.92 Å². The number of nitrogens with zero attached hydrogens (tertiary/aromatic N) is 3. The molecular formula is C22H25Cl2N3O3S. The molecule has 2 aliphatic rings. The van der Waals surface area contributed by atoms with Crippen LogP contribution in [-0.4, -0.2) is 62.8 Å². The van der Waals surface area contributed by atoms with Crippen LogP contribution in [0.5, 0.6) is 0 Å². The number of piperidine rings is 1. The predicted molar refractivity (Wildman–Crippen MR) is 123 cm³/mol. The molecule has 2 fully saturated rings. The summed E-state index contributed by atoms with van der Waals surface area (Å²) < 4.78 is 27.5. The summed E-state index contributed by atoms with van der Waals surface area (Å²) in [4.78, 5) is 17.2. The number of hydrogen-bond acceptors (Lipinski definition) is 4. The molecule has 4 rings (SSSR count). The summed E-state index contributed by atoms with van der Waals surface area (Å²) in [5.74, 6) is -0.0306. The second-order valence-corrected chi connectivity index (χ2v) is 10.6. The van der Waals surface area contributed by atoms with E-state index in [4.69, 9.17) is 23.2 Å². The van der Waals surface area contributed by atoms with E-state index < -0.39 is 10.0 Å². The Labute approximate surface area is 193 Å². The lowest BCUT2D eigenvalue weighted by molar-refractivity contribution is -0.137. The van der Waals surface area contributed by atoms with Crippen molar-refractivity contribution in [1.29, 1.82) is 0 Å². The number of anilines is 1. The van der Waals surface area contributed by atoms with Crippen molar-refractivity contribution in [3.05, 3.63) is 58.6 Å². The van der Waals surface area contributed by atoms with Crippen LogP contribution in [0.15, 0.2) is 53.4 Å². The van der Waals surface area contributed by atoms with Gasteiger partial charge in [-0.2, -0.15) is 4.31 Å². The fourth-order valence-corrected chi connectivity index (χ4v) is 6.84. The Hall–Kier alpha value is -1.80. The molecule has 9 heteroatoms. The highest BCUT2D eigenvalue weighted by Crippen LogP contribution is 2.33. The molecule has 0 aromatic heterocycles. The molecule has 0 atom stereocenters. The summed E-state index contributed by atoms with van der Waals surface area (Å²) >= 11 is 12.2. The summed E-state index contributed by atoms with van der Waals surface area (Å²) in [7, 11) is -3.80. The minimum Gasteiger partial charge on any atom is -0.368 e. The van der Waals surface area contributed by atoms with E-state index in [1.165, 1.54) is 22.1 Å². The zero-order valence-electron chi connectivity index (χ0n) is 17.1. The third-order valence-electron chi connectivity index (χ3n) is 6.03. The van der Waals surface area contributed by atoms with Crippen molar-refractivity contribution in [3.63, 3.8) is 0 Å². The topological polar surface area (TPSA) is 60.9 Å². The van der Waals surface area contributed by atoms with Crippen LogP contribution in [0.1, 0.15) is 12.8 Å². The summed E-state index contributed by atoms with van der Waals surface area (Å²) in [6.45, 7) is 3.53. The van der Waals surface area contributed by atoms with Gasteiger partial charge in [-0.25, -0.2) is 8.42 Å². The molecule has 0 saturated carbocycles. The number of amides is 1. The Balaban J connectivity index is 1.34. The van der Waals surface area contributed by atoms with Gasteiger partial charge in [0.05, 0.1) is 10.0 Å². The molecule has 0 unspecified atom stereocenters. The number of para-hydroxylation sites is 1. The molecule has 2 aromatic rings.